The maximum atomic E-state index is 12.4. The molecule has 0 saturated carbocycles. The first-order valence-electron chi connectivity index (χ1n) is 16.6. The van der Waals surface area contributed by atoms with Gasteiger partial charge in [0.2, 0.25) is 6.79 Å². The van der Waals surface area contributed by atoms with Crippen LogP contribution in [-0.4, -0.2) is 77.6 Å². The molecule has 1 saturated heterocycles. The Kier molecular flexibility index (Phi) is 13.2. The van der Waals surface area contributed by atoms with E-state index in [2.05, 4.69) is 12.1 Å². The van der Waals surface area contributed by atoms with Crippen molar-refractivity contribution in [2.45, 2.75) is 58.7 Å². The lowest BCUT2D eigenvalue weighted by Crippen LogP contribution is -2.51. The van der Waals surface area contributed by atoms with Crippen LogP contribution in [-0.2, 0) is 38.6 Å². The molecule has 0 N–H and O–H groups in total. The van der Waals surface area contributed by atoms with Gasteiger partial charge in [-0.05, 0) is 50.5 Å². The van der Waals surface area contributed by atoms with E-state index >= 15 is 0 Å². The number of ether oxygens (including phenoxy) is 3. The van der Waals surface area contributed by atoms with Crippen molar-refractivity contribution in [3.63, 3.8) is 0 Å². The van der Waals surface area contributed by atoms with Crippen molar-refractivity contribution in [2.75, 3.05) is 46.6 Å². The SMILES string of the molecule is Cc1ccc(C[N+](C)(CCOC(=O)OCOC(=O)CCC[N+]2(Cc3ccc([N+](=O)[O-])cc3)CCCCC2)Cc2ccc([N+](=O)[O-])cc2)cc1. The van der Waals surface area contributed by atoms with Gasteiger partial charge in [-0.1, -0.05) is 29.8 Å². The second kappa shape index (κ2) is 17.5. The number of esters is 1. The van der Waals surface area contributed by atoms with Crippen LogP contribution < -0.4 is 0 Å². The van der Waals surface area contributed by atoms with Crippen LogP contribution in [0.3, 0.4) is 0 Å². The van der Waals surface area contributed by atoms with E-state index in [1.807, 2.05) is 26.1 Å². The predicted molar refractivity (Wildman–Crippen MR) is 181 cm³/mol. The number of carbonyl (C=O) groups is 2. The maximum Gasteiger partial charge on any atom is 0.511 e. The van der Waals surface area contributed by atoms with Crippen LogP contribution in [0.1, 0.15) is 54.4 Å². The minimum absolute atomic E-state index is 0.0234. The summed E-state index contributed by atoms with van der Waals surface area (Å²) in [5.74, 6) is -0.469. The topological polar surface area (TPSA) is 148 Å². The number of benzene rings is 3. The third kappa shape index (κ3) is 11.9. The third-order valence-corrected chi connectivity index (χ3v) is 9.09. The molecule has 0 bridgehead atoms. The molecule has 1 heterocycles. The van der Waals surface area contributed by atoms with Crippen LogP contribution in [0.2, 0.25) is 0 Å². The molecule has 49 heavy (non-hydrogen) atoms. The number of nitro benzene ring substituents is 2. The third-order valence-electron chi connectivity index (χ3n) is 9.09. The maximum absolute atomic E-state index is 12.4. The smallest absolute Gasteiger partial charge is 0.428 e. The molecule has 1 unspecified atom stereocenters. The zero-order valence-electron chi connectivity index (χ0n) is 28.3. The van der Waals surface area contributed by atoms with Crippen molar-refractivity contribution in [3.05, 3.63) is 115 Å². The van der Waals surface area contributed by atoms with E-state index in [0.717, 1.165) is 65.8 Å². The monoisotopic (exact) mass is 678 g/mol. The number of nitro groups is 2. The van der Waals surface area contributed by atoms with Gasteiger partial charge >= 0.3 is 12.1 Å². The lowest BCUT2D eigenvalue weighted by Gasteiger charge is -2.41. The summed E-state index contributed by atoms with van der Waals surface area (Å²) >= 11 is 0. The van der Waals surface area contributed by atoms with Crippen molar-refractivity contribution >= 4 is 23.5 Å². The van der Waals surface area contributed by atoms with Gasteiger partial charge in [0.15, 0.2) is 0 Å². The van der Waals surface area contributed by atoms with Gasteiger partial charge in [-0.15, -0.1) is 0 Å². The van der Waals surface area contributed by atoms with Crippen LogP contribution >= 0.6 is 0 Å². The van der Waals surface area contributed by atoms with Gasteiger partial charge in [0.25, 0.3) is 11.4 Å². The molecule has 1 atom stereocenters. The molecule has 0 radical (unpaired) electrons. The second-order valence-corrected chi connectivity index (χ2v) is 13.2. The van der Waals surface area contributed by atoms with Gasteiger partial charge in [-0.2, -0.15) is 0 Å². The highest BCUT2D eigenvalue weighted by molar-refractivity contribution is 5.69. The summed E-state index contributed by atoms with van der Waals surface area (Å²) in [6.07, 6.45) is 3.19. The fourth-order valence-electron chi connectivity index (χ4n) is 6.43. The van der Waals surface area contributed by atoms with E-state index in [-0.39, 0.29) is 24.4 Å². The van der Waals surface area contributed by atoms with Gasteiger partial charge in [0.1, 0.15) is 32.8 Å². The average Bonchev–Trinajstić information content (AvgIpc) is 3.06. The molecule has 0 amide bonds. The highest BCUT2D eigenvalue weighted by Gasteiger charge is 2.30. The van der Waals surface area contributed by atoms with Crippen LogP contribution in [0.4, 0.5) is 16.2 Å². The molecule has 4 rings (SSSR count). The summed E-state index contributed by atoms with van der Waals surface area (Å²) in [7, 11) is 2.03. The van der Waals surface area contributed by atoms with E-state index in [1.165, 1.54) is 30.7 Å². The number of likely N-dealkylation sites (tertiary alicyclic amines) is 1. The largest absolute Gasteiger partial charge is 0.511 e. The summed E-state index contributed by atoms with van der Waals surface area (Å²) in [6.45, 7) is 6.65. The highest BCUT2D eigenvalue weighted by Crippen LogP contribution is 2.25. The van der Waals surface area contributed by atoms with E-state index < -0.39 is 28.8 Å². The molecule has 3 aromatic rings. The Bertz CT molecular complexity index is 1560. The van der Waals surface area contributed by atoms with Gasteiger partial charge in [-0.25, -0.2) is 4.79 Å². The fourth-order valence-corrected chi connectivity index (χ4v) is 6.43. The number of hydrogen-bond acceptors (Lipinski definition) is 9. The van der Waals surface area contributed by atoms with Crippen LogP contribution in [0.25, 0.3) is 0 Å². The standard InChI is InChI=1S/C36H46N4O9/c1-29-8-10-30(11-9-29)25-39(2,26-31-12-16-33(17-13-31)37(43)44)23-24-47-36(42)49-28-48-35(41)7-6-22-40(20-4-3-5-21-40)27-32-14-18-34(19-15-32)38(45)46/h8-19H,3-7,20-28H2,1-2H3/q+2. The van der Waals surface area contributed by atoms with E-state index in [4.69, 9.17) is 14.2 Å². The molecule has 13 heteroatoms. The van der Waals surface area contributed by atoms with Crippen molar-refractivity contribution in [1.82, 2.24) is 0 Å². The number of likely N-dealkylation sites (N-methyl/N-ethyl adjacent to an activating group) is 1. The Balaban J connectivity index is 1.20. The number of rotatable bonds is 17. The summed E-state index contributed by atoms with van der Waals surface area (Å²) in [5.41, 5.74) is 4.28. The number of nitrogens with zero attached hydrogens (tertiary/aromatic N) is 4. The number of hydrogen-bond donors (Lipinski definition) is 0. The average molecular weight is 679 g/mol. The van der Waals surface area contributed by atoms with Crippen molar-refractivity contribution in [2.24, 2.45) is 0 Å². The van der Waals surface area contributed by atoms with Crippen molar-refractivity contribution in [1.29, 1.82) is 0 Å². The number of non-ortho nitro benzene ring substituents is 2. The van der Waals surface area contributed by atoms with Crippen molar-refractivity contribution in [3.8, 4) is 0 Å². The molecule has 1 aliphatic rings. The molecule has 1 aliphatic heterocycles. The summed E-state index contributed by atoms with van der Waals surface area (Å²) in [6, 6.07) is 21.3. The lowest BCUT2D eigenvalue weighted by molar-refractivity contribution is -0.945. The molecule has 0 aliphatic carbocycles. The molecule has 0 spiro atoms. The van der Waals surface area contributed by atoms with Gasteiger partial charge in [0.05, 0.1) is 42.9 Å². The molecule has 1 fully saturated rings. The first-order chi connectivity index (χ1) is 23.4. The van der Waals surface area contributed by atoms with Gasteiger partial charge in [-0.3, -0.25) is 25.0 Å². The Morgan fingerprint density at radius 1 is 0.755 bits per heavy atom. The minimum Gasteiger partial charge on any atom is -0.428 e. The molecular weight excluding hydrogens is 632 g/mol. The summed E-state index contributed by atoms with van der Waals surface area (Å²) < 4.78 is 16.8. The van der Waals surface area contributed by atoms with Crippen LogP contribution in [0.5, 0.6) is 0 Å². The van der Waals surface area contributed by atoms with E-state index in [9.17, 15) is 29.8 Å². The minimum atomic E-state index is -0.939. The van der Waals surface area contributed by atoms with E-state index in [1.54, 1.807) is 24.3 Å². The summed E-state index contributed by atoms with van der Waals surface area (Å²) in [5, 5.41) is 22.1. The molecule has 0 aromatic heterocycles. The first-order valence-corrected chi connectivity index (χ1v) is 16.6. The Labute approximate surface area is 286 Å². The number of aryl methyl sites for hydroxylation is 1. The highest BCUT2D eigenvalue weighted by atomic mass is 16.8. The van der Waals surface area contributed by atoms with Gasteiger partial charge in [0, 0.05) is 47.4 Å². The Morgan fingerprint density at radius 3 is 1.84 bits per heavy atom. The van der Waals surface area contributed by atoms with E-state index in [0.29, 0.717) is 30.5 Å². The lowest BCUT2D eigenvalue weighted by atomic mass is 10.0. The first kappa shape index (κ1) is 36.9. The number of carbonyl (C=O) groups excluding carboxylic acids is 2. The molecule has 13 nitrogen and oxygen atoms in total. The fraction of sp³-hybridized carbons (Fsp3) is 0.444. The Morgan fingerprint density at radius 2 is 1.29 bits per heavy atom. The quantitative estimate of drug-likeness (QED) is 0.0507. The summed E-state index contributed by atoms with van der Waals surface area (Å²) in [4.78, 5) is 46.0. The number of quaternary nitrogens is 2. The van der Waals surface area contributed by atoms with Crippen LogP contribution in [0, 0.1) is 27.2 Å². The zero-order chi connectivity index (χ0) is 35.3. The number of piperidine rings is 1. The molecule has 262 valence electrons. The van der Waals surface area contributed by atoms with Crippen molar-refractivity contribution < 1.29 is 42.6 Å². The molecular formula is C36H46N4O9+2. The second-order valence-electron chi connectivity index (χ2n) is 13.2. The zero-order valence-corrected chi connectivity index (χ0v) is 28.3. The predicted octanol–water partition coefficient (Wildman–Crippen LogP) is 6.59. The Hall–Kier alpha value is -4.88. The van der Waals surface area contributed by atoms with Gasteiger partial charge < -0.3 is 23.2 Å². The molecule has 3 aromatic carbocycles. The normalized spacial score (nSPS) is 15.1. The van der Waals surface area contributed by atoms with Crippen LogP contribution in [0.15, 0.2) is 72.8 Å².